The molecule has 8 heavy (non-hydrogen) atoms. The molecule has 1 heterocycles. The van der Waals surface area contributed by atoms with Crippen molar-refractivity contribution >= 4 is 6.47 Å². The second-order valence-electron chi connectivity index (χ2n) is 0.983. The Morgan fingerprint density at radius 2 is 2.75 bits per heavy atom. The SMILES string of the molecule is O=[C]Oc1ncco1. The molecule has 41 valence electrons. The van der Waals surface area contributed by atoms with Gasteiger partial charge in [0.25, 0.3) is 0 Å². The Balaban J connectivity index is 2.62. The fraction of sp³-hybridized carbons (Fsp3) is 0. The summed E-state index contributed by atoms with van der Waals surface area (Å²) in [5.41, 5.74) is 0. The Bertz CT molecular complexity index is 158. The van der Waals surface area contributed by atoms with Crippen LogP contribution in [-0.2, 0) is 4.79 Å². The van der Waals surface area contributed by atoms with Crippen LogP contribution in [0.1, 0.15) is 0 Å². The third-order valence-electron chi connectivity index (χ3n) is 0.539. The van der Waals surface area contributed by atoms with Crippen LogP contribution in [0.2, 0.25) is 0 Å². The predicted molar refractivity (Wildman–Crippen MR) is 22.8 cm³/mol. The van der Waals surface area contributed by atoms with Gasteiger partial charge in [-0.25, -0.2) is 4.79 Å². The predicted octanol–water partition coefficient (Wildman–Crippen LogP) is 0.121. The zero-order valence-electron chi connectivity index (χ0n) is 3.83. The second-order valence-corrected chi connectivity index (χ2v) is 0.983. The summed E-state index contributed by atoms with van der Waals surface area (Å²) in [6, 6.07) is 0. The van der Waals surface area contributed by atoms with E-state index in [0.29, 0.717) is 0 Å². The van der Waals surface area contributed by atoms with Crippen molar-refractivity contribution in [3.05, 3.63) is 12.5 Å². The number of hydrogen-bond donors (Lipinski definition) is 0. The van der Waals surface area contributed by atoms with Crippen LogP contribution in [0.3, 0.4) is 0 Å². The number of rotatable bonds is 2. The smallest absolute Gasteiger partial charge is 0.417 e. The minimum atomic E-state index is -0.0833. The summed E-state index contributed by atoms with van der Waals surface area (Å²) < 4.78 is 8.54. The monoisotopic (exact) mass is 112 g/mol. The number of nitrogens with zero attached hydrogens (tertiary/aromatic N) is 1. The van der Waals surface area contributed by atoms with E-state index in [-0.39, 0.29) is 6.08 Å². The van der Waals surface area contributed by atoms with Gasteiger partial charge < -0.3 is 9.15 Å². The molecule has 0 aliphatic carbocycles. The highest BCUT2D eigenvalue weighted by Gasteiger charge is 1.93. The fourth-order valence-corrected chi connectivity index (χ4v) is 0.296. The summed E-state index contributed by atoms with van der Waals surface area (Å²) in [7, 11) is 0. The van der Waals surface area contributed by atoms with Gasteiger partial charge in [-0.1, -0.05) is 0 Å². The van der Waals surface area contributed by atoms with Gasteiger partial charge in [0.05, 0.1) is 6.20 Å². The molecule has 4 nitrogen and oxygen atoms in total. The number of ether oxygens (including phenoxy) is 1. The molecule has 0 bridgehead atoms. The van der Waals surface area contributed by atoms with Crippen molar-refractivity contribution in [3.63, 3.8) is 0 Å². The van der Waals surface area contributed by atoms with Crippen LogP contribution in [0.15, 0.2) is 16.9 Å². The molecule has 0 aliphatic rings. The van der Waals surface area contributed by atoms with Crippen molar-refractivity contribution in [1.29, 1.82) is 0 Å². The lowest BCUT2D eigenvalue weighted by atomic mass is 11.0. The molecule has 0 N–H and O–H groups in total. The van der Waals surface area contributed by atoms with Gasteiger partial charge in [0.2, 0.25) is 0 Å². The molecule has 4 heteroatoms. The molecule has 1 radical (unpaired) electrons. The fourth-order valence-electron chi connectivity index (χ4n) is 0.296. The summed E-state index contributed by atoms with van der Waals surface area (Å²) in [5.74, 6) is 0. The molecular weight excluding hydrogens is 110 g/mol. The van der Waals surface area contributed by atoms with Crippen molar-refractivity contribution in [2.45, 2.75) is 0 Å². The highest BCUT2D eigenvalue weighted by molar-refractivity contribution is 5.41. The highest BCUT2D eigenvalue weighted by atomic mass is 16.6. The number of aromatic nitrogens is 1. The summed E-state index contributed by atoms with van der Waals surface area (Å²) in [6.07, 6.45) is 2.58. The zero-order valence-corrected chi connectivity index (χ0v) is 3.83. The molecule has 0 atom stereocenters. The van der Waals surface area contributed by atoms with Gasteiger partial charge in [0.1, 0.15) is 6.26 Å². The third-order valence-corrected chi connectivity index (χ3v) is 0.539. The zero-order chi connectivity index (χ0) is 5.82. The summed E-state index contributed by atoms with van der Waals surface area (Å²) in [6.45, 7) is 1.16. The lowest BCUT2D eigenvalue weighted by molar-refractivity contribution is 0.340. The Morgan fingerprint density at radius 3 is 3.25 bits per heavy atom. The average Bonchev–Trinajstić information content (AvgIpc) is 2.19. The van der Waals surface area contributed by atoms with E-state index in [2.05, 4.69) is 14.1 Å². The van der Waals surface area contributed by atoms with E-state index in [1.54, 1.807) is 0 Å². The molecule has 0 amide bonds. The van der Waals surface area contributed by atoms with Crippen LogP contribution >= 0.6 is 0 Å². The van der Waals surface area contributed by atoms with Crippen molar-refractivity contribution in [3.8, 4) is 6.08 Å². The first kappa shape index (κ1) is 4.83. The van der Waals surface area contributed by atoms with Gasteiger partial charge in [-0.05, 0) is 0 Å². The molecule has 0 fully saturated rings. The van der Waals surface area contributed by atoms with E-state index in [4.69, 9.17) is 0 Å². The lowest BCUT2D eigenvalue weighted by Gasteiger charge is -1.79. The van der Waals surface area contributed by atoms with E-state index in [1.807, 2.05) is 0 Å². The van der Waals surface area contributed by atoms with Crippen LogP contribution in [0.5, 0.6) is 6.08 Å². The maximum atomic E-state index is 9.43. The van der Waals surface area contributed by atoms with Gasteiger partial charge in [-0.3, -0.25) is 0 Å². The van der Waals surface area contributed by atoms with E-state index >= 15 is 0 Å². The minimum absolute atomic E-state index is 0.0833. The first-order chi connectivity index (χ1) is 3.93. The molecule has 1 aromatic heterocycles. The van der Waals surface area contributed by atoms with E-state index < -0.39 is 0 Å². The maximum Gasteiger partial charge on any atom is 0.426 e. The molecular formula is C4H2NO3. The first-order valence-corrected chi connectivity index (χ1v) is 1.87. The van der Waals surface area contributed by atoms with Crippen LogP contribution in [0.4, 0.5) is 0 Å². The van der Waals surface area contributed by atoms with Crippen molar-refractivity contribution in [2.24, 2.45) is 0 Å². The highest BCUT2D eigenvalue weighted by Crippen LogP contribution is 2.01. The summed E-state index contributed by atoms with van der Waals surface area (Å²) in [4.78, 5) is 12.9. The Hall–Kier alpha value is -1.32. The Kier molecular flexibility index (Phi) is 1.27. The molecule has 1 rings (SSSR count). The Labute approximate surface area is 45.1 Å². The largest absolute Gasteiger partial charge is 0.426 e. The van der Waals surface area contributed by atoms with Crippen molar-refractivity contribution in [2.75, 3.05) is 0 Å². The van der Waals surface area contributed by atoms with Crippen LogP contribution < -0.4 is 4.74 Å². The van der Waals surface area contributed by atoms with Crippen LogP contribution in [0, 0.1) is 0 Å². The minimum Gasteiger partial charge on any atom is -0.417 e. The van der Waals surface area contributed by atoms with Gasteiger partial charge in [0.15, 0.2) is 0 Å². The molecule has 0 unspecified atom stereocenters. The van der Waals surface area contributed by atoms with E-state index in [1.165, 1.54) is 12.5 Å². The quantitative estimate of drug-likeness (QED) is 0.545. The molecule has 0 aliphatic heterocycles. The molecule has 0 saturated carbocycles. The molecule has 0 saturated heterocycles. The topological polar surface area (TPSA) is 52.3 Å². The average molecular weight is 112 g/mol. The van der Waals surface area contributed by atoms with Gasteiger partial charge >= 0.3 is 12.5 Å². The molecule has 1 aromatic rings. The lowest BCUT2D eigenvalue weighted by Crippen LogP contribution is -1.86. The van der Waals surface area contributed by atoms with Crippen LogP contribution in [-0.4, -0.2) is 11.5 Å². The van der Waals surface area contributed by atoms with E-state index in [9.17, 15) is 4.79 Å². The third kappa shape index (κ3) is 0.841. The Morgan fingerprint density at radius 1 is 1.88 bits per heavy atom. The molecule has 0 aromatic carbocycles. The summed E-state index contributed by atoms with van der Waals surface area (Å²) >= 11 is 0. The number of carbonyl (C=O) groups excluding carboxylic acids is 1. The number of oxazole rings is 1. The standard InChI is InChI=1S/C4H2NO3/c6-3-8-4-5-1-2-7-4/h1-2H. The number of hydrogen-bond acceptors (Lipinski definition) is 4. The first-order valence-electron chi connectivity index (χ1n) is 1.87. The van der Waals surface area contributed by atoms with Gasteiger partial charge in [0, 0.05) is 0 Å². The van der Waals surface area contributed by atoms with Crippen molar-refractivity contribution < 1.29 is 13.9 Å². The molecule has 0 spiro atoms. The van der Waals surface area contributed by atoms with Gasteiger partial charge in [-0.2, -0.15) is 4.98 Å². The second kappa shape index (κ2) is 2.11. The van der Waals surface area contributed by atoms with Crippen molar-refractivity contribution in [1.82, 2.24) is 4.98 Å². The van der Waals surface area contributed by atoms with E-state index in [0.717, 1.165) is 6.47 Å². The normalized spacial score (nSPS) is 8.50. The van der Waals surface area contributed by atoms with Crippen LogP contribution in [0.25, 0.3) is 0 Å². The van der Waals surface area contributed by atoms with Gasteiger partial charge in [-0.15, -0.1) is 0 Å². The summed E-state index contributed by atoms with van der Waals surface area (Å²) in [5, 5.41) is 0. The maximum absolute atomic E-state index is 9.43.